The van der Waals surface area contributed by atoms with Crippen molar-refractivity contribution in [2.24, 2.45) is 5.92 Å². The zero-order chi connectivity index (χ0) is 15.9. The number of benzene rings is 1. The Hall–Kier alpha value is -1.01. The summed E-state index contributed by atoms with van der Waals surface area (Å²) in [4.78, 5) is 2.30. The highest BCUT2D eigenvalue weighted by Gasteiger charge is 2.20. The van der Waals surface area contributed by atoms with Crippen LogP contribution in [0.15, 0.2) is 24.3 Å². The largest absolute Gasteiger partial charge is 0.392 e. The van der Waals surface area contributed by atoms with Crippen LogP contribution < -0.4 is 5.32 Å². The normalized spacial score (nSPS) is 20.0. The first-order chi connectivity index (χ1) is 10.5. The fraction of sp³-hybridized carbons (Fsp3) is 0.647. The van der Waals surface area contributed by atoms with E-state index in [2.05, 4.69) is 10.2 Å². The van der Waals surface area contributed by atoms with Crippen LogP contribution in [0.1, 0.15) is 31.4 Å². The summed E-state index contributed by atoms with van der Waals surface area (Å²) < 4.78 is 12.8. The van der Waals surface area contributed by atoms with E-state index in [1.54, 1.807) is 12.1 Å². The van der Waals surface area contributed by atoms with Crippen molar-refractivity contribution in [2.75, 3.05) is 32.7 Å². The van der Waals surface area contributed by atoms with Crippen LogP contribution in [0.25, 0.3) is 0 Å². The van der Waals surface area contributed by atoms with Crippen LogP contribution in [0.4, 0.5) is 4.39 Å². The van der Waals surface area contributed by atoms with Crippen LogP contribution in [0.5, 0.6) is 0 Å². The van der Waals surface area contributed by atoms with Crippen LogP contribution >= 0.6 is 0 Å². The second-order valence-electron chi connectivity index (χ2n) is 6.32. The zero-order valence-electron chi connectivity index (χ0n) is 13.2. The molecule has 3 N–H and O–H groups in total. The number of nitrogens with one attached hydrogen (secondary N) is 1. The van der Waals surface area contributed by atoms with Gasteiger partial charge in [0.05, 0.1) is 12.2 Å². The predicted octanol–water partition coefficient (Wildman–Crippen LogP) is 1.54. The summed E-state index contributed by atoms with van der Waals surface area (Å²) in [5.74, 6) is 0.332. The van der Waals surface area contributed by atoms with Crippen LogP contribution in [-0.4, -0.2) is 53.9 Å². The smallest absolute Gasteiger partial charge is 0.123 e. The molecule has 0 aromatic heterocycles. The molecule has 5 heteroatoms. The van der Waals surface area contributed by atoms with Crippen molar-refractivity contribution in [3.05, 3.63) is 35.6 Å². The Labute approximate surface area is 132 Å². The van der Waals surface area contributed by atoms with E-state index in [0.29, 0.717) is 12.5 Å². The van der Waals surface area contributed by atoms with E-state index >= 15 is 0 Å². The molecule has 1 fully saturated rings. The lowest BCUT2D eigenvalue weighted by atomic mass is 9.96. The summed E-state index contributed by atoms with van der Waals surface area (Å²) in [5.41, 5.74) is 0.737. The molecule has 0 amide bonds. The van der Waals surface area contributed by atoms with E-state index in [9.17, 15) is 14.6 Å². The summed E-state index contributed by atoms with van der Waals surface area (Å²) in [6.45, 7) is 6.00. The zero-order valence-corrected chi connectivity index (χ0v) is 13.2. The van der Waals surface area contributed by atoms with Gasteiger partial charge in [0.2, 0.25) is 0 Å². The standard InChI is InChI=1S/C17H27FN2O2/c1-13(21)12-20-8-6-14(7-9-20)10-19-11-17(22)15-2-4-16(18)5-3-15/h2-5,13-14,17,19,21-22H,6-12H2,1H3/t13-,17-/m1/s1. The third-order valence-electron chi connectivity index (χ3n) is 4.26. The Morgan fingerprint density at radius 2 is 1.86 bits per heavy atom. The van der Waals surface area contributed by atoms with Gasteiger partial charge >= 0.3 is 0 Å². The fourth-order valence-corrected chi connectivity index (χ4v) is 2.97. The first-order valence-electron chi connectivity index (χ1n) is 8.09. The third-order valence-corrected chi connectivity index (χ3v) is 4.26. The molecule has 1 aromatic carbocycles. The number of hydrogen-bond donors (Lipinski definition) is 3. The average Bonchev–Trinajstić information content (AvgIpc) is 2.49. The number of hydrogen-bond acceptors (Lipinski definition) is 4. The maximum Gasteiger partial charge on any atom is 0.123 e. The van der Waals surface area contributed by atoms with Gasteiger partial charge in [0.1, 0.15) is 5.82 Å². The second kappa shape index (κ2) is 8.58. The van der Waals surface area contributed by atoms with Crippen LogP contribution in [0.3, 0.4) is 0 Å². The predicted molar refractivity (Wildman–Crippen MR) is 85.1 cm³/mol. The molecule has 4 nitrogen and oxygen atoms in total. The molecule has 0 bridgehead atoms. The van der Waals surface area contributed by atoms with E-state index in [1.165, 1.54) is 12.1 Å². The van der Waals surface area contributed by atoms with Crippen LogP contribution in [-0.2, 0) is 0 Å². The van der Waals surface area contributed by atoms with Crippen molar-refractivity contribution in [3.8, 4) is 0 Å². The van der Waals surface area contributed by atoms with Crippen LogP contribution in [0, 0.1) is 11.7 Å². The maximum atomic E-state index is 12.8. The van der Waals surface area contributed by atoms with Gasteiger partial charge in [-0.05, 0) is 63.0 Å². The molecule has 0 unspecified atom stereocenters. The number of halogens is 1. The first-order valence-corrected chi connectivity index (χ1v) is 8.09. The second-order valence-corrected chi connectivity index (χ2v) is 6.32. The minimum Gasteiger partial charge on any atom is -0.392 e. The Morgan fingerprint density at radius 3 is 2.45 bits per heavy atom. The van der Waals surface area contributed by atoms with Crippen molar-refractivity contribution in [1.29, 1.82) is 0 Å². The summed E-state index contributed by atoms with van der Waals surface area (Å²) in [5, 5.41) is 22.8. The lowest BCUT2D eigenvalue weighted by Crippen LogP contribution is -2.40. The lowest BCUT2D eigenvalue weighted by Gasteiger charge is -2.32. The van der Waals surface area contributed by atoms with Gasteiger partial charge in [-0.25, -0.2) is 4.39 Å². The fourth-order valence-electron chi connectivity index (χ4n) is 2.97. The molecule has 1 aliphatic heterocycles. The van der Waals surface area contributed by atoms with Crippen LogP contribution in [0.2, 0.25) is 0 Å². The van der Waals surface area contributed by atoms with Crippen molar-refractivity contribution in [2.45, 2.75) is 32.0 Å². The molecule has 0 aliphatic carbocycles. The van der Waals surface area contributed by atoms with E-state index in [4.69, 9.17) is 0 Å². The summed E-state index contributed by atoms with van der Waals surface area (Å²) in [6.07, 6.45) is 1.37. The van der Waals surface area contributed by atoms with Crippen molar-refractivity contribution in [3.63, 3.8) is 0 Å². The molecule has 0 saturated carbocycles. The van der Waals surface area contributed by atoms with E-state index in [-0.39, 0.29) is 11.9 Å². The molecule has 1 saturated heterocycles. The number of piperidine rings is 1. The highest BCUT2D eigenvalue weighted by Crippen LogP contribution is 2.17. The SMILES string of the molecule is C[C@@H](O)CN1CCC(CNC[C@@H](O)c2ccc(F)cc2)CC1. The molecule has 0 radical (unpaired) electrons. The number of aliphatic hydroxyl groups is 2. The van der Waals surface area contributed by atoms with E-state index < -0.39 is 6.10 Å². The molecule has 2 rings (SSSR count). The lowest BCUT2D eigenvalue weighted by molar-refractivity contribution is 0.0984. The van der Waals surface area contributed by atoms with Gasteiger partial charge in [0.25, 0.3) is 0 Å². The monoisotopic (exact) mass is 310 g/mol. The molecule has 124 valence electrons. The van der Waals surface area contributed by atoms with Gasteiger partial charge in [-0.1, -0.05) is 12.1 Å². The molecule has 1 aliphatic rings. The minimum atomic E-state index is -0.601. The average molecular weight is 310 g/mol. The summed E-state index contributed by atoms with van der Waals surface area (Å²) >= 11 is 0. The molecule has 0 spiro atoms. The Kier molecular flexibility index (Phi) is 6.76. The number of likely N-dealkylation sites (tertiary alicyclic amines) is 1. The summed E-state index contributed by atoms with van der Waals surface area (Å²) in [6, 6.07) is 5.99. The van der Waals surface area contributed by atoms with Gasteiger partial charge < -0.3 is 20.4 Å². The maximum absolute atomic E-state index is 12.8. The van der Waals surface area contributed by atoms with Gasteiger partial charge in [-0.2, -0.15) is 0 Å². The number of rotatable bonds is 7. The van der Waals surface area contributed by atoms with Crippen molar-refractivity contribution >= 4 is 0 Å². The first kappa shape index (κ1) is 17.3. The number of aliphatic hydroxyl groups excluding tert-OH is 2. The Balaban J connectivity index is 1.64. The Morgan fingerprint density at radius 1 is 1.23 bits per heavy atom. The molecule has 2 atom stereocenters. The van der Waals surface area contributed by atoms with Gasteiger partial charge in [0.15, 0.2) is 0 Å². The van der Waals surface area contributed by atoms with Gasteiger partial charge in [-0.3, -0.25) is 0 Å². The number of β-amino-alcohol motifs (C(OH)–C–C–N with tert-alkyl or cyclic N) is 1. The number of nitrogens with zero attached hydrogens (tertiary/aromatic N) is 1. The van der Waals surface area contributed by atoms with Gasteiger partial charge in [0, 0.05) is 13.1 Å². The quantitative estimate of drug-likeness (QED) is 0.715. The van der Waals surface area contributed by atoms with Gasteiger partial charge in [-0.15, -0.1) is 0 Å². The van der Waals surface area contributed by atoms with Crippen molar-refractivity contribution < 1.29 is 14.6 Å². The Bertz CT molecular complexity index is 431. The third kappa shape index (κ3) is 5.65. The van der Waals surface area contributed by atoms with Crippen molar-refractivity contribution in [1.82, 2.24) is 10.2 Å². The van der Waals surface area contributed by atoms with E-state index in [1.807, 2.05) is 6.92 Å². The topological polar surface area (TPSA) is 55.7 Å². The minimum absolute atomic E-state index is 0.263. The molecule has 22 heavy (non-hydrogen) atoms. The van der Waals surface area contributed by atoms with E-state index in [0.717, 1.165) is 44.6 Å². The summed E-state index contributed by atoms with van der Waals surface area (Å²) in [7, 11) is 0. The molecule has 1 heterocycles. The highest BCUT2D eigenvalue weighted by molar-refractivity contribution is 5.18. The molecule has 1 aromatic rings. The molecular weight excluding hydrogens is 283 g/mol. The molecular formula is C17H27FN2O2. The highest BCUT2D eigenvalue weighted by atomic mass is 19.1.